The molecule has 29 heavy (non-hydrogen) atoms. The van der Waals surface area contributed by atoms with Gasteiger partial charge in [-0.05, 0) is 45.8 Å². The van der Waals surface area contributed by atoms with Crippen LogP contribution in [0.25, 0.3) is 21.5 Å². The standard InChI is InChI=1S/2C11H7BrO2.Cd/c2*12-8-5-4-7-2-1-3-9(11(13)14)10(7)6-8;/h2*1-6H,(H,13,14);/q;;+2/p-2. The molecule has 7 heteroatoms. The van der Waals surface area contributed by atoms with Crippen molar-refractivity contribution in [1.82, 2.24) is 0 Å². The molecular formula is C22H12Br2CdO4. The van der Waals surface area contributed by atoms with Crippen molar-refractivity contribution in [1.29, 1.82) is 0 Å². The van der Waals surface area contributed by atoms with Gasteiger partial charge in [0.2, 0.25) is 0 Å². The SMILES string of the molecule is O=C([O-])c1cccc2ccc(Br)cc12.O=C([O-])c1cccc2ccc(Br)cc12.[Cd+2]. The fraction of sp³-hybridized carbons (Fsp3) is 0. The van der Waals surface area contributed by atoms with Crippen molar-refractivity contribution >= 4 is 65.3 Å². The van der Waals surface area contributed by atoms with E-state index in [0.29, 0.717) is 10.8 Å². The molecule has 0 spiro atoms. The summed E-state index contributed by atoms with van der Waals surface area (Å²) in [5.41, 5.74) is 0.451. The Balaban J connectivity index is 0.000000200. The number of carbonyl (C=O) groups is 2. The molecule has 0 unspecified atom stereocenters. The van der Waals surface area contributed by atoms with E-state index in [2.05, 4.69) is 31.9 Å². The van der Waals surface area contributed by atoms with Gasteiger partial charge < -0.3 is 19.8 Å². The Morgan fingerprint density at radius 3 is 1.34 bits per heavy atom. The van der Waals surface area contributed by atoms with Crippen LogP contribution in [0, 0.1) is 0 Å². The monoisotopic (exact) mass is 612 g/mol. The molecule has 0 aliphatic carbocycles. The van der Waals surface area contributed by atoms with Gasteiger partial charge in [-0.2, -0.15) is 0 Å². The molecular weight excluding hydrogens is 600 g/mol. The molecule has 4 aromatic rings. The summed E-state index contributed by atoms with van der Waals surface area (Å²) in [6.45, 7) is 0. The third kappa shape index (κ3) is 5.64. The number of fused-ring (bicyclic) bond motifs is 2. The van der Waals surface area contributed by atoms with Gasteiger partial charge in [0, 0.05) is 20.1 Å². The van der Waals surface area contributed by atoms with Gasteiger partial charge in [-0.15, -0.1) is 0 Å². The first-order valence-corrected chi connectivity index (χ1v) is 9.74. The molecule has 0 heterocycles. The average molecular weight is 613 g/mol. The first kappa shape index (κ1) is 23.5. The number of carbonyl (C=O) groups excluding carboxylic acids is 2. The zero-order valence-electron chi connectivity index (χ0n) is 15.0. The second-order valence-electron chi connectivity index (χ2n) is 5.92. The second-order valence-corrected chi connectivity index (χ2v) is 7.75. The number of aromatic carboxylic acids is 2. The van der Waals surface area contributed by atoms with E-state index in [1.165, 1.54) is 0 Å². The third-order valence-electron chi connectivity index (χ3n) is 4.13. The van der Waals surface area contributed by atoms with E-state index < -0.39 is 11.9 Å². The summed E-state index contributed by atoms with van der Waals surface area (Å²) in [6, 6.07) is 21.3. The van der Waals surface area contributed by atoms with Crippen LogP contribution < -0.4 is 10.2 Å². The summed E-state index contributed by atoms with van der Waals surface area (Å²) in [5, 5.41) is 24.8. The van der Waals surface area contributed by atoms with Gasteiger partial charge in [0.1, 0.15) is 0 Å². The Hall–Kier alpha value is -1.78. The Morgan fingerprint density at radius 1 is 0.621 bits per heavy atom. The van der Waals surface area contributed by atoms with Crippen molar-refractivity contribution in [3.63, 3.8) is 0 Å². The summed E-state index contributed by atoms with van der Waals surface area (Å²) >= 11 is 6.60. The molecule has 0 radical (unpaired) electrons. The van der Waals surface area contributed by atoms with E-state index in [0.717, 1.165) is 19.7 Å². The number of carboxylic acid groups (broad SMARTS) is 2. The third-order valence-corrected chi connectivity index (χ3v) is 5.11. The van der Waals surface area contributed by atoms with Crippen LogP contribution in [0.5, 0.6) is 0 Å². The molecule has 4 aromatic carbocycles. The minimum absolute atomic E-state index is 0. The quantitative estimate of drug-likeness (QED) is 0.322. The summed E-state index contributed by atoms with van der Waals surface area (Å²) in [5.74, 6) is -2.29. The fourth-order valence-corrected chi connectivity index (χ4v) is 3.57. The van der Waals surface area contributed by atoms with E-state index in [1.54, 1.807) is 36.4 Å². The van der Waals surface area contributed by atoms with Crippen LogP contribution in [-0.4, -0.2) is 11.9 Å². The van der Waals surface area contributed by atoms with Crippen LogP contribution in [0.2, 0.25) is 0 Å². The summed E-state index contributed by atoms with van der Waals surface area (Å²) in [4.78, 5) is 21.6. The molecule has 0 aliphatic rings. The fourth-order valence-electron chi connectivity index (χ4n) is 2.85. The number of benzene rings is 4. The van der Waals surface area contributed by atoms with Crippen molar-refractivity contribution in [2.75, 3.05) is 0 Å². The number of halogens is 2. The van der Waals surface area contributed by atoms with E-state index in [-0.39, 0.29) is 38.4 Å². The number of carboxylic acids is 2. The summed E-state index contributed by atoms with van der Waals surface area (Å²) in [6.07, 6.45) is 0. The maximum absolute atomic E-state index is 10.8. The molecule has 0 saturated heterocycles. The summed E-state index contributed by atoms with van der Waals surface area (Å²) in [7, 11) is 0. The van der Waals surface area contributed by atoms with Crippen molar-refractivity contribution in [3.05, 3.63) is 92.9 Å². The van der Waals surface area contributed by atoms with Gasteiger partial charge in [-0.25, -0.2) is 0 Å². The number of hydrogen-bond acceptors (Lipinski definition) is 4. The zero-order valence-corrected chi connectivity index (χ0v) is 22.2. The van der Waals surface area contributed by atoms with E-state index in [1.807, 2.05) is 36.4 Å². The minimum Gasteiger partial charge on any atom is -0.545 e. The molecule has 0 aromatic heterocycles. The van der Waals surface area contributed by atoms with Crippen molar-refractivity contribution in [3.8, 4) is 0 Å². The van der Waals surface area contributed by atoms with Crippen molar-refractivity contribution < 1.29 is 47.1 Å². The zero-order chi connectivity index (χ0) is 20.3. The predicted octanol–water partition coefficient (Wildman–Crippen LogP) is 3.93. The molecule has 0 bridgehead atoms. The van der Waals surface area contributed by atoms with Crippen molar-refractivity contribution in [2.45, 2.75) is 0 Å². The van der Waals surface area contributed by atoms with E-state index in [9.17, 15) is 19.8 Å². The smallest absolute Gasteiger partial charge is 0.545 e. The van der Waals surface area contributed by atoms with Crippen LogP contribution in [0.15, 0.2) is 81.7 Å². The topological polar surface area (TPSA) is 80.3 Å². The molecule has 0 fully saturated rings. The van der Waals surface area contributed by atoms with Crippen LogP contribution in [0.4, 0.5) is 0 Å². The largest absolute Gasteiger partial charge is 2.00 e. The maximum Gasteiger partial charge on any atom is 2.00 e. The van der Waals surface area contributed by atoms with Crippen LogP contribution in [-0.2, 0) is 27.3 Å². The molecule has 0 aliphatic heterocycles. The molecule has 0 atom stereocenters. The normalized spacial score (nSPS) is 10.0. The van der Waals surface area contributed by atoms with Gasteiger partial charge in [-0.1, -0.05) is 80.4 Å². The summed E-state index contributed by atoms with van der Waals surface area (Å²) < 4.78 is 1.72. The minimum atomic E-state index is -1.14. The second kappa shape index (κ2) is 10.3. The van der Waals surface area contributed by atoms with E-state index in [4.69, 9.17) is 0 Å². The molecule has 4 rings (SSSR count). The molecule has 4 nitrogen and oxygen atoms in total. The van der Waals surface area contributed by atoms with Crippen molar-refractivity contribution in [2.24, 2.45) is 0 Å². The van der Waals surface area contributed by atoms with Crippen LogP contribution in [0.3, 0.4) is 0 Å². The molecule has 140 valence electrons. The Morgan fingerprint density at radius 2 is 1.00 bits per heavy atom. The molecule has 0 N–H and O–H groups in total. The average Bonchev–Trinajstić information content (AvgIpc) is 2.67. The van der Waals surface area contributed by atoms with Gasteiger partial charge in [0.25, 0.3) is 0 Å². The van der Waals surface area contributed by atoms with E-state index >= 15 is 0 Å². The first-order chi connectivity index (χ1) is 13.4. The van der Waals surface area contributed by atoms with Gasteiger partial charge >= 0.3 is 27.3 Å². The van der Waals surface area contributed by atoms with Gasteiger partial charge in [-0.3, -0.25) is 0 Å². The Kier molecular flexibility index (Phi) is 8.36. The molecule has 0 amide bonds. The Labute approximate surface area is 204 Å². The number of rotatable bonds is 2. The van der Waals surface area contributed by atoms with Gasteiger partial charge in [0.05, 0.1) is 11.9 Å². The van der Waals surface area contributed by atoms with Crippen LogP contribution in [0.1, 0.15) is 20.7 Å². The van der Waals surface area contributed by atoms with Gasteiger partial charge in [0.15, 0.2) is 0 Å². The molecule has 0 saturated carbocycles. The maximum atomic E-state index is 10.8. The Bertz CT molecular complexity index is 1110. The predicted molar refractivity (Wildman–Crippen MR) is 112 cm³/mol. The number of hydrogen-bond donors (Lipinski definition) is 0. The van der Waals surface area contributed by atoms with Crippen LogP contribution >= 0.6 is 31.9 Å². The first-order valence-electron chi connectivity index (χ1n) is 8.16.